The average Bonchev–Trinajstić information content (AvgIpc) is 3.22. The molecule has 2 aliphatic rings. The Hall–Kier alpha value is -2.63. The topological polar surface area (TPSA) is 68.5 Å². The summed E-state index contributed by atoms with van der Waals surface area (Å²) in [4.78, 5) is 18.1. The zero-order chi connectivity index (χ0) is 17.2. The highest BCUT2D eigenvalue weighted by atomic mass is 16.6. The Labute approximate surface area is 146 Å². The summed E-state index contributed by atoms with van der Waals surface area (Å²) in [6, 6.07) is 8.45. The minimum Gasteiger partial charge on any atom is -0.382 e. The maximum Gasteiger partial charge on any atom is 0.264 e. The second-order valence-corrected chi connectivity index (χ2v) is 6.74. The van der Waals surface area contributed by atoms with Gasteiger partial charge in [-0.3, -0.25) is 9.48 Å². The summed E-state index contributed by atoms with van der Waals surface area (Å²) >= 11 is 0. The average molecular weight is 338 g/mol. The Bertz CT molecular complexity index is 811. The second-order valence-electron chi connectivity index (χ2n) is 6.74. The lowest BCUT2D eigenvalue weighted by atomic mass is 9.98. The van der Waals surface area contributed by atoms with Crippen molar-refractivity contribution >= 4 is 11.6 Å². The lowest BCUT2D eigenvalue weighted by molar-refractivity contribution is -0.132. The molecule has 130 valence electrons. The van der Waals surface area contributed by atoms with Gasteiger partial charge in [0, 0.05) is 25.2 Å². The van der Waals surface area contributed by atoms with E-state index in [1.54, 1.807) is 10.9 Å². The van der Waals surface area contributed by atoms with Gasteiger partial charge in [0.25, 0.3) is 5.91 Å². The molecule has 0 saturated carbocycles. The molecule has 1 N–H and O–H groups in total. The molecule has 1 aromatic heterocycles. The van der Waals surface area contributed by atoms with E-state index in [-0.39, 0.29) is 11.9 Å². The fourth-order valence-electron chi connectivity index (χ4n) is 3.59. The molecule has 1 aliphatic carbocycles. The number of nitrogens with zero attached hydrogens (tertiary/aromatic N) is 3. The van der Waals surface area contributed by atoms with Crippen LogP contribution >= 0.6 is 0 Å². The first-order valence-corrected chi connectivity index (χ1v) is 8.80. The number of rotatable bonds is 3. The van der Waals surface area contributed by atoms with Gasteiger partial charge in [0.1, 0.15) is 0 Å². The highest BCUT2D eigenvalue weighted by Gasteiger charge is 2.31. The number of amides is 1. The first kappa shape index (κ1) is 15.9. The molecule has 1 amide bonds. The molecule has 0 bridgehead atoms. The molecule has 25 heavy (non-hydrogen) atoms. The van der Waals surface area contributed by atoms with Crippen molar-refractivity contribution in [3.63, 3.8) is 0 Å². The highest BCUT2D eigenvalue weighted by Crippen LogP contribution is 2.29. The molecule has 0 radical (unpaired) electrons. The zero-order valence-electron chi connectivity index (χ0n) is 14.3. The normalized spacial score (nSPS) is 22.5. The third-order valence-corrected chi connectivity index (χ3v) is 4.94. The van der Waals surface area contributed by atoms with E-state index in [0.717, 1.165) is 37.0 Å². The first-order chi connectivity index (χ1) is 12.2. The van der Waals surface area contributed by atoms with Crippen molar-refractivity contribution < 1.29 is 9.63 Å². The number of hydrogen-bond donors (Lipinski definition) is 1. The third-order valence-electron chi connectivity index (χ3n) is 4.94. The molecular weight excluding hydrogens is 316 g/mol. The minimum absolute atomic E-state index is 0.0530. The molecule has 0 saturated heterocycles. The van der Waals surface area contributed by atoms with Gasteiger partial charge >= 0.3 is 0 Å². The fourth-order valence-corrected chi connectivity index (χ4v) is 3.59. The standard InChI is InChI=1S/C19H22N4O2/c1-23-12-14(11-20-23)17-10-18(25-22-17)19(24)21-16-9-5-3-7-13-6-2-4-8-15(13)16/h2,4,6,8,11-12,16,18H,3,5,7,9-10H2,1H3,(H,21,24). The zero-order valence-corrected chi connectivity index (χ0v) is 14.3. The summed E-state index contributed by atoms with van der Waals surface area (Å²) in [6.45, 7) is 0. The van der Waals surface area contributed by atoms with Crippen LogP contribution in [-0.2, 0) is 23.1 Å². The monoisotopic (exact) mass is 338 g/mol. The van der Waals surface area contributed by atoms with E-state index in [1.807, 2.05) is 19.3 Å². The van der Waals surface area contributed by atoms with Crippen LogP contribution in [0.4, 0.5) is 0 Å². The van der Waals surface area contributed by atoms with Crippen molar-refractivity contribution in [1.82, 2.24) is 15.1 Å². The van der Waals surface area contributed by atoms with Gasteiger partial charge in [-0.2, -0.15) is 5.10 Å². The number of fused-ring (bicyclic) bond motifs is 1. The van der Waals surface area contributed by atoms with Gasteiger partial charge in [0.05, 0.1) is 18.0 Å². The van der Waals surface area contributed by atoms with E-state index in [4.69, 9.17) is 4.84 Å². The Balaban J connectivity index is 1.43. The van der Waals surface area contributed by atoms with Crippen LogP contribution in [0.3, 0.4) is 0 Å². The Morgan fingerprint density at radius 1 is 1.32 bits per heavy atom. The molecule has 1 aliphatic heterocycles. The van der Waals surface area contributed by atoms with Gasteiger partial charge in [-0.15, -0.1) is 0 Å². The SMILES string of the molecule is Cn1cc(C2=NOC(C(=O)NC3CCCCc4ccccc43)C2)cn1. The van der Waals surface area contributed by atoms with Gasteiger partial charge < -0.3 is 10.2 Å². The quantitative estimate of drug-likeness (QED) is 0.874. The lowest BCUT2D eigenvalue weighted by Crippen LogP contribution is -2.37. The van der Waals surface area contributed by atoms with E-state index >= 15 is 0 Å². The van der Waals surface area contributed by atoms with Gasteiger partial charge in [0.2, 0.25) is 6.10 Å². The summed E-state index contributed by atoms with van der Waals surface area (Å²) in [7, 11) is 1.85. The molecule has 2 unspecified atom stereocenters. The molecular formula is C19H22N4O2. The van der Waals surface area contributed by atoms with Gasteiger partial charge in [-0.25, -0.2) is 0 Å². The van der Waals surface area contributed by atoms with Gasteiger partial charge in [0.15, 0.2) is 0 Å². The predicted molar refractivity (Wildman–Crippen MR) is 94.1 cm³/mol. The molecule has 4 rings (SSSR count). The van der Waals surface area contributed by atoms with Crippen LogP contribution in [0.2, 0.25) is 0 Å². The van der Waals surface area contributed by atoms with Crippen LogP contribution in [0.25, 0.3) is 0 Å². The largest absolute Gasteiger partial charge is 0.382 e. The van der Waals surface area contributed by atoms with Crippen LogP contribution in [0.5, 0.6) is 0 Å². The molecule has 2 aromatic rings. The number of aryl methyl sites for hydroxylation is 2. The summed E-state index contributed by atoms with van der Waals surface area (Å²) in [6.07, 6.45) is 7.86. The van der Waals surface area contributed by atoms with Crippen molar-refractivity contribution in [2.75, 3.05) is 0 Å². The first-order valence-electron chi connectivity index (χ1n) is 8.80. The van der Waals surface area contributed by atoms with Crippen molar-refractivity contribution in [1.29, 1.82) is 0 Å². The summed E-state index contributed by atoms with van der Waals surface area (Å²) in [5.74, 6) is -0.0932. The third kappa shape index (κ3) is 3.29. The molecule has 2 heterocycles. The fraction of sp³-hybridized carbons (Fsp3) is 0.421. The minimum atomic E-state index is -0.564. The Morgan fingerprint density at radius 2 is 2.20 bits per heavy atom. The second kappa shape index (κ2) is 6.70. The smallest absolute Gasteiger partial charge is 0.264 e. The van der Waals surface area contributed by atoms with E-state index in [0.29, 0.717) is 6.42 Å². The van der Waals surface area contributed by atoms with Gasteiger partial charge in [-0.1, -0.05) is 35.8 Å². The van der Waals surface area contributed by atoms with Crippen molar-refractivity contribution in [3.05, 3.63) is 53.3 Å². The van der Waals surface area contributed by atoms with Crippen molar-refractivity contribution in [2.24, 2.45) is 12.2 Å². The van der Waals surface area contributed by atoms with Gasteiger partial charge in [-0.05, 0) is 30.4 Å². The van der Waals surface area contributed by atoms with E-state index in [9.17, 15) is 4.79 Å². The van der Waals surface area contributed by atoms with E-state index in [1.165, 1.54) is 11.1 Å². The van der Waals surface area contributed by atoms with Crippen LogP contribution in [0.15, 0.2) is 41.8 Å². The van der Waals surface area contributed by atoms with Crippen LogP contribution in [0.1, 0.15) is 48.4 Å². The molecule has 6 heteroatoms. The number of carbonyl (C=O) groups is 1. The van der Waals surface area contributed by atoms with Crippen LogP contribution in [0, 0.1) is 0 Å². The lowest BCUT2D eigenvalue weighted by Gasteiger charge is -2.20. The maximum atomic E-state index is 12.7. The summed E-state index contributed by atoms with van der Waals surface area (Å²) in [5.41, 5.74) is 4.25. The van der Waals surface area contributed by atoms with Crippen LogP contribution < -0.4 is 5.32 Å². The van der Waals surface area contributed by atoms with E-state index in [2.05, 4.69) is 33.8 Å². The highest BCUT2D eigenvalue weighted by molar-refractivity contribution is 6.03. The number of aromatic nitrogens is 2. The Morgan fingerprint density at radius 3 is 3.04 bits per heavy atom. The van der Waals surface area contributed by atoms with Crippen LogP contribution in [-0.4, -0.2) is 27.5 Å². The van der Waals surface area contributed by atoms with Crippen molar-refractivity contribution in [3.8, 4) is 0 Å². The number of oxime groups is 1. The molecule has 0 fully saturated rings. The number of carbonyl (C=O) groups excluding carboxylic acids is 1. The summed E-state index contributed by atoms with van der Waals surface area (Å²) in [5, 5.41) is 11.4. The van der Waals surface area contributed by atoms with E-state index < -0.39 is 6.10 Å². The van der Waals surface area contributed by atoms with Crippen molar-refractivity contribution in [2.45, 2.75) is 44.2 Å². The number of benzene rings is 1. The molecule has 6 nitrogen and oxygen atoms in total. The number of nitrogens with one attached hydrogen (secondary N) is 1. The molecule has 0 spiro atoms. The maximum absolute atomic E-state index is 12.7. The molecule has 2 atom stereocenters. The summed E-state index contributed by atoms with van der Waals surface area (Å²) < 4.78 is 1.72. The predicted octanol–water partition coefficient (Wildman–Crippen LogP) is 2.50. The number of hydrogen-bond acceptors (Lipinski definition) is 4. The Kier molecular flexibility index (Phi) is 4.26. The molecule has 1 aromatic carbocycles.